The van der Waals surface area contributed by atoms with Gasteiger partial charge in [0, 0.05) is 23.1 Å². The Morgan fingerprint density at radius 3 is 2.04 bits per heavy atom. The maximum Gasteiger partial charge on any atom is 0.261 e. The molecule has 0 radical (unpaired) electrons. The highest BCUT2D eigenvalue weighted by Crippen LogP contribution is 2.20. The summed E-state index contributed by atoms with van der Waals surface area (Å²) in [7, 11) is -7.54. The summed E-state index contributed by atoms with van der Waals surface area (Å²) in [4.78, 5) is 0.0171. The fourth-order valence-electron chi connectivity index (χ4n) is 1.88. The molecule has 0 saturated carbocycles. The predicted molar refractivity (Wildman–Crippen MR) is 95.2 cm³/mol. The smallest absolute Gasteiger partial charge is 0.261 e. The molecule has 2 rings (SSSR count). The summed E-state index contributed by atoms with van der Waals surface area (Å²) in [6, 6.07) is 12.9. The van der Waals surface area contributed by atoms with Gasteiger partial charge in [-0.2, -0.15) is 5.26 Å². The first-order valence-electron chi connectivity index (χ1n) is 6.87. The molecule has 130 valence electrons. The number of sulfonamides is 1. The minimum Gasteiger partial charge on any atom is -0.280 e. The van der Waals surface area contributed by atoms with E-state index in [0.717, 1.165) is 17.0 Å². The molecule has 0 atom stereocenters. The van der Waals surface area contributed by atoms with E-state index in [2.05, 4.69) is 4.72 Å². The van der Waals surface area contributed by atoms with Gasteiger partial charge in [0.15, 0.2) is 0 Å². The highest BCUT2D eigenvalue weighted by molar-refractivity contribution is 7.94. The molecule has 0 spiro atoms. The number of anilines is 1. The maximum atomic E-state index is 12.3. The third kappa shape index (κ3) is 4.82. The van der Waals surface area contributed by atoms with E-state index in [1.807, 2.05) is 0 Å². The fourth-order valence-corrected chi connectivity index (χ4v) is 4.03. The van der Waals surface area contributed by atoms with Gasteiger partial charge in [-0.3, -0.25) is 4.72 Å². The van der Waals surface area contributed by atoms with Crippen LogP contribution in [0.3, 0.4) is 0 Å². The Bertz CT molecular complexity index is 1020. The molecule has 0 aliphatic carbocycles. The molecule has 1 N–H and O–H groups in total. The molecule has 9 heteroatoms. The summed E-state index contributed by atoms with van der Waals surface area (Å²) in [5, 5.41) is 9.19. The highest BCUT2D eigenvalue weighted by Gasteiger charge is 2.15. The maximum absolute atomic E-state index is 12.3. The van der Waals surface area contributed by atoms with Crippen molar-refractivity contribution in [3.63, 3.8) is 0 Å². The molecule has 0 saturated heterocycles. The van der Waals surface area contributed by atoms with Gasteiger partial charge in [0.05, 0.1) is 15.9 Å². The van der Waals surface area contributed by atoms with E-state index in [1.54, 1.807) is 18.2 Å². The molecule has 2 aromatic carbocycles. The van der Waals surface area contributed by atoms with E-state index < -0.39 is 19.9 Å². The summed E-state index contributed by atoms with van der Waals surface area (Å²) < 4.78 is 50.8. The van der Waals surface area contributed by atoms with E-state index in [-0.39, 0.29) is 21.4 Å². The van der Waals surface area contributed by atoms with Crippen LogP contribution in [0.15, 0.2) is 69.8 Å². The quantitative estimate of drug-likeness (QED) is 0.596. The van der Waals surface area contributed by atoms with E-state index in [0.29, 0.717) is 0 Å². The van der Waals surface area contributed by atoms with Crippen LogP contribution in [-0.2, 0) is 25.7 Å². The zero-order chi connectivity index (χ0) is 18.5. The van der Waals surface area contributed by atoms with Crippen molar-refractivity contribution in [1.82, 2.24) is 0 Å². The third-order valence-corrected chi connectivity index (χ3v) is 6.27. The van der Waals surface area contributed by atoms with E-state index >= 15 is 0 Å². The number of halogens is 1. The Morgan fingerprint density at radius 2 is 1.52 bits per heavy atom. The van der Waals surface area contributed by atoms with Gasteiger partial charge in [0.1, 0.15) is 0 Å². The van der Waals surface area contributed by atoms with Crippen LogP contribution in [0.25, 0.3) is 0 Å². The molecular formula is C16H13ClN2O4S2. The van der Waals surface area contributed by atoms with E-state index in [4.69, 9.17) is 16.9 Å². The lowest BCUT2D eigenvalue weighted by atomic mass is 10.2. The van der Waals surface area contributed by atoms with E-state index in [1.165, 1.54) is 36.4 Å². The number of sulfone groups is 1. The van der Waals surface area contributed by atoms with Crippen LogP contribution in [0.4, 0.5) is 5.69 Å². The van der Waals surface area contributed by atoms with Crippen molar-refractivity contribution in [2.75, 3.05) is 4.72 Å². The molecule has 0 fully saturated rings. The molecule has 0 bridgehead atoms. The summed E-state index contributed by atoms with van der Waals surface area (Å²) in [6.07, 6.45) is 0.858. The van der Waals surface area contributed by atoms with Crippen LogP contribution in [-0.4, -0.2) is 16.8 Å². The van der Waals surface area contributed by atoms with Crippen molar-refractivity contribution in [1.29, 1.82) is 5.26 Å². The second-order valence-electron chi connectivity index (χ2n) is 4.88. The number of nitriles is 1. The lowest BCUT2D eigenvalue weighted by Crippen LogP contribution is -2.13. The Labute approximate surface area is 151 Å². The van der Waals surface area contributed by atoms with Crippen molar-refractivity contribution in [3.8, 4) is 6.07 Å². The van der Waals surface area contributed by atoms with Crippen LogP contribution < -0.4 is 4.72 Å². The molecule has 2 aromatic rings. The lowest BCUT2D eigenvalue weighted by Gasteiger charge is -2.09. The zero-order valence-corrected chi connectivity index (χ0v) is 15.1. The molecule has 0 unspecified atom stereocenters. The number of alkyl halides is 1. The molecule has 0 aliphatic heterocycles. The van der Waals surface area contributed by atoms with Crippen LogP contribution in [0.1, 0.15) is 5.56 Å². The summed E-state index contributed by atoms with van der Waals surface area (Å²) in [5.74, 6) is 0.282. The Hall–Kier alpha value is -2.34. The number of benzene rings is 2. The second kappa shape index (κ2) is 7.70. The molecule has 0 aliphatic rings. The average molecular weight is 397 g/mol. The number of hydrogen-bond acceptors (Lipinski definition) is 5. The first-order chi connectivity index (χ1) is 11.8. The Morgan fingerprint density at radius 1 is 0.960 bits per heavy atom. The first-order valence-corrected chi connectivity index (χ1v) is 10.4. The molecule has 0 aromatic heterocycles. The summed E-state index contributed by atoms with van der Waals surface area (Å²) in [6.45, 7) is 0. The van der Waals surface area contributed by atoms with Crippen molar-refractivity contribution in [2.24, 2.45) is 0 Å². The number of allylic oxidation sites excluding steroid dienone is 1. The number of nitrogens with zero attached hydrogens (tertiary/aromatic N) is 1. The van der Waals surface area contributed by atoms with Gasteiger partial charge in [0.2, 0.25) is 9.84 Å². The van der Waals surface area contributed by atoms with Gasteiger partial charge >= 0.3 is 0 Å². The zero-order valence-electron chi connectivity index (χ0n) is 12.8. The first kappa shape index (κ1) is 19.0. The standard InChI is InChI=1S/C16H13ClN2O4S2/c17-12-13-2-6-16(7-3-13)25(22,23)19-14-4-8-15(9-5-14)24(20,21)11-1-10-18/h1-9,11,19H,12H2/b11-1+. The summed E-state index contributed by atoms with van der Waals surface area (Å²) >= 11 is 5.67. The van der Waals surface area contributed by atoms with Gasteiger partial charge in [0.25, 0.3) is 10.0 Å². The van der Waals surface area contributed by atoms with Crippen LogP contribution in [0.5, 0.6) is 0 Å². The van der Waals surface area contributed by atoms with Crippen LogP contribution >= 0.6 is 11.6 Å². The molecule has 0 amide bonds. The Kier molecular flexibility index (Phi) is 5.85. The van der Waals surface area contributed by atoms with Crippen LogP contribution in [0.2, 0.25) is 0 Å². The van der Waals surface area contributed by atoms with Gasteiger partial charge in [-0.25, -0.2) is 16.8 Å². The number of rotatable bonds is 6. The Balaban J connectivity index is 2.23. The highest BCUT2D eigenvalue weighted by atomic mass is 35.5. The molecule has 6 nitrogen and oxygen atoms in total. The topological polar surface area (TPSA) is 104 Å². The number of nitrogens with one attached hydrogen (secondary N) is 1. The van der Waals surface area contributed by atoms with Crippen LogP contribution in [0, 0.1) is 11.3 Å². The molecule has 25 heavy (non-hydrogen) atoms. The number of hydrogen-bond donors (Lipinski definition) is 1. The third-order valence-electron chi connectivity index (χ3n) is 3.14. The monoisotopic (exact) mass is 396 g/mol. The minimum absolute atomic E-state index is 0.0478. The minimum atomic E-state index is -3.80. The van der Waals surface area contributed by atoms with E-state index in [9.17, 15) is 16.8 Å². The van der Waals surface area contributed by atoms with Gasteiger partial charge in [-0.15, -0.1) is 11.6 Å². The SMILES string of the molecule is N#C/C=C/S(=O)(=O)c1ccc(NS(=O)(=O)c2ccc(CCl)cc2)cc1. The van der Waals surface area contributed by atoms with Gasteiger partial charge in [-0.05, 0) is 42.0 Å². The lowest BCUT2D eigenvalue weighted by molar-refractivity contribution is 0.601. The largest absolute Gasteiger partial charge is 0.280 e. The van der Waals surface area contributed by atoms with Crippen molar-refractivity contribution < 1.29 is 16.8 Å². The fraction of sp³-hybridized carbons (Fsp3) is 0.0625. The van der Waals surface area contributed by atoms with Gasteiger partial charge < -0.3 is 0 Å². The second-order valence-corrected chi connectivity index (χ2v) is 8.67. The normalized spacial score (nSPS) is 12.0. The molecule has 0 heterocycles. The summed E-state index contributed by atoms with van der Waals surface area (Å²) in [5.41, 5.74) is 1.00. The van der Waals surface area contributed by atoms with Crippen molar-refractivity contribution >= 4 is 37.1 Å². The van der Waals surface area contributed by atoms with Crippen molar-refractivity contribution in [2.45, 2.75) is 15.7 Å². The van der Waals surface area contributed by atoms with Crippen molar-refractivity contribution in [3.05, 3.63) is 65.6 Å². The predicted octanol–water partition coefficient (Wildman–Crippen LogP) is 3.04. The average Bonchev–Trinajstić information content (AvgIpc) is 2.60. The molecular weight excluding hydrogens is 384 g/mol. The van der Waals surface area contributed by atoms with Gasteiger partial charge in [-0.1, -0.05) is 12.1 Å².